The Morgan fingerprint density at radius 1 is 1.58 bits per heavy atom. The van der Waals surface area contributed by atoms with Crippen LogP contribution in [0.4, 0.5) is 0 Å². The fourth-order valence-corrected chi connectivity index (χ4v) is 1.19. The van der Waals surface area contributed by atoms with Gasteiger partial charge in [0.2, 0.25) is 0 Å². The summed E-state index contributed by atoms with van der Waals surface area (Å²) in [7, 11) is -3.98. The molecule has 0 fully saturated rings. The van der Waals surface area contributed by atoms with E-state index in [2.05, 4.69) is 8.91 Å². The van der Waals surface area contributed by atoms with Crippen molar-refractivity contribution in [2.75, 3.05) is 0 Å². The quantitative estimate of drug-likeness (QED) is 0.436. The molecule has 0 saturated carbocycles. The summed E-state index contributed by atoms with van der Waals surface area (Å²) in [6.45, 7) is 1.71. The monoisotopic (exact) mass is 199 g/mol. The first-order valence-corrected chi connectivity index (χ1v) is 4.31. The van der Waals surface area contributed by atoms with E-state index in [-0.39, 0.29) is 35.1 Å². The van der Waals surface area contributed by atoms with Gasteiger partial charge in [0.1, 0.15) is 6.26 Å². The molecule has 0 aromatic carbocycles. The summed E-state index contributed by atoms with van der Waals surface area (Å²) in [4.78, 5) is 10.7. The van der Waals surface area contributed by atoms with Gasteiger partial charge >= 0.3 is 29.6 Å². The molecule has 0 atom stereocenters. The molecule has 0 saturated heterocycles. The average Bonchev–Trinajstić information content (AvgIpc) is 1.86. The van der Waals surface area contributed by atoms with E-state index in [1.165, 1.54) is 0 Å². The second kappa shape index (κ2) is 4.27. The smallest absolute Gasteiger partial charge is 0.508 e. The Morgan fingerprint density at radius 3 is 2.58 bits per heavy atom. The van der Waals surface area contributed by atoms with Crippen LogP contribution in [0.25, 0.3) is 4.72 Å². The Balaban J connectivity index is 0.00000121. The van der Waals surface area contributed by atoms with Gasteiger partial charge in [-0.3, -0.25) is 0 Å². The van der Waals surface area contributed by atoms with Crippen molar-refractivity contribution in [3.8, 4) is 0 Å². The maximum absolute atomic E-state index is 10.7. The number of carbonyl (C=O) groups is 1. The molecule has 1 amide bonds. The van der Waals surface area contributed by atoms with Crippen molar-refractivity contribution in [3.05, 3.63) is 16.6 Å². The van der Waals surface area contributed by atoms with Crippen LogP contribution in [-0.4, -0.2) is 14.3 Å². The van der Waals surface area contributed by atoms with Gasteiger partial charge in [-0.25, -0.2) is 8.42 Å². The van der Waals surface area contributed by atoms with E-state index in [0.29, 0.717) is 6.42 Å². The van der Waals surface area contributed by atoms with Crippen LogP contribution in [0.1, 0.15) is 13.3 Å². The van der Waals surface area contributed by atoms with Gasteiger partial charge in [-0.1, -0.05) is 6.92 Å². The molecule has 1 aliphatic heterocycles. The van der Waals surface area contributed by atoms with Crippen molar-refractivity contribution >= 4 is 16.2 Å². The molecule has 0 aromatic rings. The summed E-state index contributed by atoms with van der Waals surface area (Å²) >= 11 is 0. The van der Waals surface area contributed by atoms with Gasteiger partial charge < -0.3 is 13.7 Å². The summed E-state index contributed by atoms with van der Waals surface area (Å²) in [6, 6.07) is 0. The van der Waals surface area contributed by atoms with Gasteiger partial charge in [0.15, 0.2) is 0 Å². The topological polar surface area (TPSA) is 74.5 Å². The molecule has 1 rings (SSSR count). The summed E-state index contributed by atoms with van der Waals surface area (Å²) < 4.78 is 27.9. The minimum absolute atomic E-state index is 0. The Hall–Kier alpha value is -0.0400. The zero-order chi connectivity index (χ0) is 8.48. The zero-order valence-corrected chi connectivity index (χ0v) is 9.59. The molecule has 0 spiro atoms. The van der Waals surface area contributed by atoms with E-state index in [9.17, 15) is 13.2 Å². The SMILES string of the molecule is CCC1=COS(=O)(=O)[N-]C1=O.[Na+]. The van der Waals surface area contributed by atoms with Crippen molar-refractivity contribution in [1.82, 2.24) is 0 Å². The molecular weight excluding hydrogens is 193 g/mol. The van der Waals surface area contributed by atoms with E-state index in [4.69, 9.17) is 0 Å². The summed E-state index contributed by atoms with van der Waals surface area (Å²) in [5.74, 6) is -0.737. The molecule has 1 aliphatic rings. The molecule has 1 heterocycles. The van der Waals surface area contributed by atoms with Gasteiger partial charge in [-0.05, 0) is 6.42 Å². The van der Waals surface area contributed by atoms with Gasteiger partial charge in [0.05, 0.1) is 5.91 Å². The Kier molecular flexibility index (Phi) is 4.25. The number of amides is 1. The minimum atomic E-state index is -3.98. The Morgan fingerprint density at radius 2 is 2.17 bits per heavy atom. The van der Waals surface area contributed by atoms with Crippen molar-refractivity contribution in [3.63, 3.8) is 0 Å². The largest absolute Gasteiger partial charge is 1.00 e. The molecule has 0 aromatic heterocycles. The second-order valence-electron chi connectivity index (χ2n) is 1.92. The first-order valence-electron chi connectivity index (χ1n) is 2.95. The van der Waals surface area contributed by atoms with Crippen molar-refractivity contribution < 1.29 is 47.0 Å². The molecule has 0 bridgehead atoms. The Labute approximate surface area is 92.7 Å². The third-order valence-corrected chi connectivity index (χ3v) is 1.89. The number of hydrogen-bond donors (Lipinski definition) is 0. The van der Waals surface area contributed by atoms with Crippen LogP contribution in [0, 0.1) is 0 Å². The van der Waals surface area contributed by atoms with Gasteiger partial charge in [-0.15, -0.1) is 0 Å². The maximum Gasteiger partial charge on any atom is 1.00 e. The molecule has 5 nitrogen and oxygen atoms in total. The standard InChI is InChI=1S/C5H7NO4S.Na/c1-2-4-3-10-11(8,9)6-5(4)7;/h3H,2H2,1H3,(H,6,7);/q;+1/p-1. The van der Waals surface area contributed by atoms with Crippen LogP contribution < -0.4 is 29.6 Å². The molecule has 0 N–H and O–H groups in total. The van der Waals surface area contributed by atoms with Crippen molar-refractivity contribution in [2.45, 2.75) is 13.3 Å². The van der Waals surface area contributed by atoms with Crippen molar-refractivity contribution in [2.24, 2.45) is 0 Å². The molecule has 0 unspecified atom stereocenters. The Bertz CT molecular complexity index is 307. The van der Waals surface area contributed by atoms with Crippen LogP contribution >= 0.6 is 0 Å². The predicted molar refractivity (Wildman–Crippen MR) is 36.7 cm³/mol. The first kappa shape index (κ1) is 12.0. The van der Waals surface area contributed by atoms with Crippen LogP contribution in [0.5, 0.6) is 0 Å². The number of carbonyl (C=O) groups excluding carboxylic acids is 1. The number of nitrogens with zero attached hydrogens (tertiary/aromatic N) is 1. The molecule has 0 radical (unpaired) electrons. The zero-order valence-electron chi connectivity index (χ0n) is 6.77. The molecule has 12 heavy (non-hydrogen) atoms. The third-order valence-electron chi connectivity index (χ3n) is 1.16. The normalized spacial score (nSPS) is 19.8. The average molecular weight is 199 g/mol. The molecule has 7 heteroatoms. The second-order valence-corrected chi connectivity index (χ2v) is 3.15. The minimum Gasteiger partial charge on any atom is -0.508 e. The fraction of sp³-hybridized carbons (Fsp3) is 0.400. The van der Waals surface area contributed by atoms with E-state index in [1.54, 1.807) is 6.92 Å². The number of hydrogen-bond acceptors (Lipinski definition) is 4. The number of rotatable bonds is 1. The van der Waals surface area contributed by atoms with E-state index in [0.717, 1.165) is 6.26 Å². The molecule has 0 aliphatic carbocycles. The predicted octanol–water partition coefficient (Wildman–Crippen LogP) is -2.54. The van der Waals surface area contributed by atoms with Gasteiger partial charge in [-0.2, -0.15) is 0 Å². The summed E-state index contributed by atoms with van der Waals surface area (Å²) in [5, 5.41) is 0. The summed E-state index contributed by atoms with van der Waals surface area (Å²) in [5.41, 5.74) is 0.264. The van der Waals surface area contributed by atoms with Crippen LogP contribution in [-0.2, 0) is 19.3 Å². The fourth-order valence-electron chi connectivity index (χ4n) is 0.586. The molecule has 62 valence electrons. The van der Waals surface area contributed by atoms with Crippen LogP contribution in [0.2, 0.25) is 0 Å². The van der Waals surface area contributed by atoms with E-state index < -0.39 is 16.2 Å². The van der Waals surface area contributed by atoms with Gasteiger partial charge in [0, 0.05) is 5.57 Å². The first-order chi connectivity index (χ1) is 5.05. The van der Waals surface area contributed by atoms with Crippen LogP contribution in [0.15, 0.2) is 11.8 Å². The van der Waals surface area contributed by atoms with Gasteiger partial charge in [0.25, 0.3) is 10.3 Å². The maximum atomic E-state index is 10.7. The van der Waals surface area contributed by atoms with E-state index in [1.807, 2.05) is 0 Å². The summed E-state index contributed by atoms with van der Waals surface area (Å²) in [6.07, 6.45) is 1.34. The molecular formula is C5H6NNaO4S. The third kappa shape index (κ3) is 2.78. The van der Waals surface area contributed by atoms with E-state index >= 15 is 0 Å². The van der Waals surface area contributed by atoms with Crippen molar-refractivity contribution in [1.29, 1.82) is 0 Å². The van der Waals surface area contributed by atoms with Crippen LogP contribution in [0.3, 0.4) is 0 Å².